The maximum absolute atomic E-state index is 11.6. The van der Waals surface area contributed by atoms with Gasteiger partial charge in [-0.3, -0.25) is 9.59 Å². The SMILES string of the molecule is NC(=O)CNC(=O)c1ccc2nsnc2c1. The smallest absolute Gasteiger partial charge is 0.251 e. The van der Waals surface area contributed by atoms with E-state index in [9.17, 15) is 9.59 Å². The molecule has 1 aromatic carbocycles. The maximum atomic E-state index is 11.6. The lowest BCUT2D eigenvalue weighted by molar-refractivity contribution is -0.117. The van der Waals surface area contributed by atoms with Crippen LogP contribution in [0.5, 0.6) is 0 Å². The second-order valence-corrected chi connectivity index (χ2v) is 3.65. The van der Waals surface area contributed by atoms with Crippen molar-refractivity contribution in [2.24, 2.45) is 5.73 Å². The molecule has 0 fully saturated rings. The van der Waals surface area contributed by atoms with Crippen molar-refractivity contribution >= 4 is 34.6 Å². The summed E-state index contributed by atoms with van der Waals surface area (Å²) in [5.74, 6) is -0.932. The van der Waals surface area contributed by atoms with Gasteiger partial charge in [-0.15, -0.1) is 0 Å². The highest BCUT2D eigenvalue weighted by atomic mass is 32.1. The van der Waals surface area contributed by atoms with Gasteiger partial charge in [0, 0.05) is 5.56 Å². The van der Waals surface area contributed by atoms with E-state index in [0.717, 1.165) is 17.2 Å². The van der Waals surface area contributed by atoms with Crippen LogP contribution in [0.3, 0.4) is 0 Å². The monoisotopic (exact) mass is 236 g/mol. The highest BCUT2D eigenvalue weighted by Crippen LogP contribution is 2.13. The van der Waals surface area contributed by atoms with Crippen molar-refractivity contribution in [2.75, 3.05) is 6.54 Å². The van der Waals surface area contributed by atoms with Gasteiger partial charge >= 0.3 is 0 Å². The van der Waals surface area contributed by atoms with Crippen LogP contribution in [-0.2, 0) is 4.79 Å². The molecule has 3 N–H and O–H groups in total. The Morgan fingerprint density at radius 3 is 2.81 bits per heavy atom. The minimum Gasteiger partial charge on any atom is -0.368 e. The van der Waals surface area contributed by atoms with Crippen LogP contribution in [0.25, 0.3) is 11.0 Å². The van der Waals surface area contributed by atoms with Crippen molar-refractivity contribution in [1.29, 1.82) is 0 Å². The number of aromatic nitrogens is 2. The number of fused-ring (bicyclic) bond motifs is 1. The summed E-state index contributed by atoms with van der Waals surface area (Å²) in [5.41, 5.74) is 6.76. The minimum atomic E-state index is -0.579. The lowest BCUT2D eigenvalue weighted by Crippen LogP contribution is -2.33. The van der Waals surface area contributed by atoms with Crippen LogP contribution >= 0.6 is 11.7 Å². The fraction of sp³-hybridized carbons (Fsp3) is 0.111. The molecular weight excluding hydrogens is 228 g/mol. The van der Waals surface area contributed by atoms with E-state index in [0.29, 0.717) is 11.1 Å². The van der Waals surface area contributed by atoms with Crippen molar-refractivity contribution in [3.05, 3.63) is 23.8 Å². The zero-order valence-electron chi connectivity index (χ0n) is 8.14. The molecule has 0 bridgehead atoms. The first-order valence-corrected chi connectivity index (χ1v) is 5.18. The van der Waals surface area contributed by atoms with E-state index in [2.05, 4.69) is 14.1 Å². The highest BCUT2D eigenvalue weighted by molar-refractivity contribution is 7.00. The van der Waals surface area contributed by atoms with Crippen molar-refractivity contribution in [2.45, 2.75) is 0 Å². The van der Waals surface area contributed by atoms with Gasteiger partial charge in [0.05, 0.1) is 18.3 Å². The normalized spacial score (nSPS) is 10.2. The van der Waals surface area contributed by atoms with Crippen molar-refractivity contribution in [3.8, 4) is 0 Å². The molecule has 1 heterocycles. The van der Waals surface area contributed by atoms with Crippen molar-refractivity contribution in [3.63, 3.8) is 0 Å². The average molecular weight is 236 g/mol. The quantitative estimate of drug-likeness (QED) is 0.777. The number of nitrogens with one attached hydrogen (secondary N) is 1. The molecule has 2 amide bonds. The van der Waals surface area contributed by atoms with Crippen LogP contribution < -0.4 is 11.1 Å². The predicted molar refractivity (Wildman–Crippen MR) is 58.9 cm³/mol. The number of carbonyl (C=O) groups excluding carboxylic acids is 2. The number of rotatable bonds is 3. The summed E-state index contributed by atoms with van der Waals surface area (Å²) in [4.78, 5) is 22.0. The molecule has 2 rings (SSSR count). The van der Waals surface area contributed by atoms with Gasteiger partial charge in [0.2, 0.25) is 5.91 Å². The van der Waals surface area contributed by atoms with Gasteiger partial charge in [0.1, 0.15) is 11.0 Å². The molecule has 1 aromatic heterocycles. The van der Waals surface area contributed by atoms with Crippen LogP contribution in [0.15, 0.2) is 18.2 Å². The van der Waals surface area contributed by atoms with Crippen LogP contribution in [-0.4, -0.2) is 27.1 Å². The van der Waals surface area contributed by atoms with Gasteiger partial charge in [-0.25, -0.2) is 0 Å². The largest absolute Gasteiger partial charge is 0.368 e. The van der Waals surface area contributed by atoms with E-state index in [1.54, 1.807) is 18.2 Å². The molecule has 0 radical (unpaired) electrons. The first-order valence-electron chi connectivity index (χ1n) is 4.45. The summed E-state index contributed by atoms with van der Waals surface area (Å²) < 4.78 is 8.03. The fourth-order valence-corrected chi connectivity index (χ4v) is 1.71. The molecule has 7 heteroatoms. The zero-order chi connectivity index (χ0) is 11.5. The molecule has 16 heavy (non-hydrogen) atoms. The fourth-order valence-electron chi connectivity index (χ4n) is 1.19. The van der Waals surface area contributed by atoms with Crippen molar-refractivity contribution < 1.29 is 9.59 Å². The first-order chi connectivity index (χ1) is 7.66. The number of nitrogens with zero attached hydrogens (tertiary/aromatic N) is 2. The Bertz CT molecular complexity index is 551. The van der Waals surface area contributed by atoms with Gasteiger partial charge < -0.3 is 11.1 Å². The lowest BCUT2D eigenvalue weighted by Gasteiger charge is -2.01. The van der Waals surface area contributed by atoms with E-state index in [1.807, 2.05) is 0 Å². The second kappa shape index (κ2) is 4.23. The molecule has 0 atom stereocenters. The van der Waals surface area contributed by atoms with Crippen LogP contribution in [0.4, 0.5) is 0 Å². The Morgan fingerprint density at radius 1 is 1.31 bits per heavy atom. The third kappa shape index (κ3) is 2.14. The summed E-state index contributed by atoms with van der Waals surface area (Å²) in [6.45, 7) is -0.174. The molecule has 0 saturated heterocycles. The highest BCUT2D eigenvalue weighted by Gasteiger charge is 2.08. The molecule has 82 valence electrons. The number of amides is 2. The van der Waals surface area contributed by atoms with E-state index in [1.165, 1.54) is 0 Å². The second-order valence-electron chi connectivity index (χ2n) is 3.12. The summed E-state index contributed by atoms with van der Waals surface area (Å²) in [6, 6.07) is 4.95. The zero-order valence-corrected chi connectivity index (χ0v) is 8.95. The molecule has 6 nitrogen and oxygen atoms in total. The Kier molecular flexibility index (Phi) is 2.78. The summed E-state index contributed by atoms with van der Waals surface area (Å²) in [7, 11) is 0. The molecule has 0 saturated carbocycles. The molecule has 2 aromatic rings. The summed E-state index contributed by atoms with van der Waals surface area (Å²) in [5, 5.41) is 2.40. The minimum absolute atomic E-state index is 0.174. The predicted octanol–water partition coefficient (Wildman–Crippen LogP) is -0.0936. The summed E-state index contributed by atoms with van der Waals surface area (Å²) >= 11 is 1.09. The Balaban J connectivity index is 2.19. The van der Waals surface area contributed by atoms with Crippen LogP contribution in [0.1, 0.15) is 10.4 Å². The van der Waals surface area contributed by atoms with E-state index in [4.69, 9.17) is 5.73 Å². The topological polar surface area (TPSA) is 98.0 Å². The number of benzene rings is 1. The number of nitrogens with two attached hydrogens (primary N) is 1. The Morgan fingerprint density at radius 2 is 2.06 bits per heavy atom. The molecule has 0 aliphatic heterocycles. The van der Waals surface area contributed by atoms with E-state index in [-0.39, 0.29) is 12.5 Å². The van der Waals surface area contributed by atoms with Gasteiger partial charge in [0.25, 0.3) is 5.91 Å². The van der Waals surface area contributed by atoms with Gasteiger partial charge in [-0.1, -0.05) is 0 Å². The average Bonchev–Trinajstić information content (AvgIpc) is 2.72. The number of carbonyl (C=O) groups is 2. The van der Waals surface area contributed by atoms with Crippen molar-refractivity contribution in [1.82, 2.24) is 14.1 Å². The van der Waals surface area contributed by atoms with Gasteiger partial charge in [-0.05, 0) is 18.2 Å². The van der Waals surface area contributed by atoms with Crippen LogP contribution in [0.2, 0.25) is 0 Å². The Labute approximate surface area is 94.8 Å². The standard InChI is InChI=1S/C9H8N4O2S/c10-8(14)4-11-9(15)5-1-2-6-7(3-5)13-16-12-6/h1-3H,4H2,(H2,10,14)(H,11,15). The van der Waals surface area contributed by atoms with Gasteiger partial charge in [0.15, 0.2) is 0 Å². The third-order valence-electron chi connectivity index (χ3n) is 1.94. The molecule has 0 aliphatic carbocycles. The van der Waals surface area contributed by atoms with E-state index >= 15 is 0 Å². The number of hydrogen-bond donors (Lipinski definition) is 2. The number of hydrogen-bond acceptors (Lipinski definition) is 5. The van der Waals surface area contributed by atoms with Crippen LogP contribution in [0, 0.1) is 0 Å². The summed E-state index contributed by atoms with van der Waals surface area (Å²) in [6.07, 6.45) is 0. The van der Waals surface area contributed by atoms with Gasteiger partial charge in [-0.2, -0.15) is 8.75 Å². The lowest BCUT2D eigenvalue weighted by atomic mass is 10.2. The first kappa shape index (κ1) is 10.5. The third-order valence-corrected chi connectivity index (χ3v) is 2.50. The molecule has 0 aliphatic rings. The molecule has 0 spiro atoms. The Hall–Kier alpha value is -2.02. The number of primary amides is 1. The maximum Gasteiger partial charge on any atom is 0.251 e. The molecule has 0 unspecified atom stereocenters. The molecular formula is C9H8N4O2S. The van der Waals surface area contributed by atoms with E-state index < -0.39 is 5.91 Å².